The maximum absolute atomic E-state index is 13.4. The molecule has 3 aliphatic heterocycles. The lowest BCUT2D eigenvalue weighted by Gasteiger charge is -2.41. The van der Waals surface area contributed by atoms with Gasteiger partial charge in [0.1, 0.15) is 5.60 Å². The Balaban J connectivity index is 0.00000231. The minimum absolute atomic E-state index is 0. The topological polar surface area (TPSA) is 63.2 Å². The Hall–Kier alpha value is -2.05. The summed E-state index contributed by atoms with van der Waals surface area (Å²) in [6.07, 6.45) is 8.73. The second-order valence-electron chi connectivity index (χ2n) is 9.47. The highest BCUT2D eigenvalue weighted by Crippen LogP contribution is 2.46. The molecule has 0 aromatic heterocycles. The molecule has 5 rings (SSSR count). The maximum atomic E-state index is 13.4. The zero-order chi connectivity index (χ0) is 20.9. The van der Waals surface area contributed by atoms with Crippen LogP contribution < -0.4 is 14.8 Å². The van der Waals surface area contributed by atoms with Gasteiger partial charge in [0.05, 0.1) is 24.8 Å². The van der Waals surface area contributed by atoms with Crippen LogP contribution in [0, 0.1) is 11.8 Å². The molecule has 0 saturated carbocycles. The number of fused-ring (bicyclic) bond motifs is 2. The van der Waals surface area contributed by atoms with Gasteiger partial charge in [-0.2, -0.15) is 5.10 Å². The molecule has 4 aliphatic rings. The minimum Gasteiger partial charge on any atom is -0.493 e. The van der Waals surface area contributed by atoms with Gasteiger partial charge >= 0.3 is 0 Å². The Bertz CT molecular complexity index is 921. The van der Waals surface area contributed by atoms with E-state index in [-0.39, 0.29) is 41.8 Å². The molecule has 0 bridgehead atoms. The molecular formula is C24H32ClN3O3. The van der Waals surface area contributed by atoms with Crippen LogP contribution in [0.25, 0.3) is 0 Å². The molecule has 1 N–H and O–H groups in total. The summed E-state index contributed by atoms with van der Waals surface area (Å²) in [5.74, 6) is 1.90. The van der Waals surface area contributed by atoms with Crippen molar-refractivity contribution in [3.8, 4) is 11.5 Å². The van der Waals surface area contributed by atoms with Gasteiger partial charge in [0.15, 0.2) is 11.5 Å². The number of ether oxygens (including phenoxy) is 2. The first-order valence-corrected chi connectivity index (χ1v) is 11.1. The lowest BCUT2D eigenvalue weighted by atomic mass is 9.75. The molecule has 1 aromatic carbocycles. The fraction of sp³-hybridized carbons (Fsp3) is 0.583. The SMILES string of the molecule is COc1ccc(C2=NN(C3CCNCC3)C(=O)[C@@H]3CC=CC[C@H]23)c2c1OC(C)(C)C2.Cl. The zero-order valence-electron chi connectivity index (χ0n) is 18.5. The predicted octanol–water partition coefficient (Wildman–Crippen LogP) is 3.71. The molecule has 1 fully saturated rings. The number of nitrogens with one attached hydrogen (secondary N) is 1. The standard InChI is InChI=1S/C24H31N3O3.ClH/c1-24(2)14-19-17(8-9-20(29-3)22(19)30-24)21-16-6-4-5-7-18(16)23(28)27(26-21)15-10-12-25-13-11-15;/h4-5,8-9,15-16,18,25H,6-7,10-14H2,1-3H3;1H/t16-,18+;/m0./s1. The smallest absolute Gasteiger partial charge is 0.247 e. The molecule has 31 heavy (non-hydrogen) atoms. The fourth-order valence-corrected chi connectivity index (χ4v) is 5.40. The van der Waals surface area contributed by atoms with Crippen LogP contribution in [-0.4, -0.2) is 48.5 Å². The van der Waals surface area contributed by atoms with E-state index < -0.39 is 0 Å². The Kier molecular flexibility index (Phi) is 6.05. The van der Waals surface area contributed by atoms with Crippen LogP contribution in [0.2, 0.25) is 0 Å². The summed E-state index contributed by atoms with van der Waals surface area (Å²) < 4.78 is 11.9. The van der Waals surface area contributed by atoms with Crippen LogP contribution >= 0.6 is 12.4 Å². The molecule has 0 spiro atoms. The van der Waals surface area contributed by atoms with E-state index in [1.54, 1.807) is 7.11 Å². The number of hydrogen-bond acceptors (Lipinski definition) is 5. The van der Waals surface area contributed by atoms with E-state index in [1.165, 1.54) is 0 Å². The number of rotatable bonds is 3. The van der Waals surface area contributed by atoms with Crippen LogP contribution in [-0.2, 0) is 11.2 Å². The average molecular weight is 446 g/mol. The van der Waals surface area contributed by atoms with Crippen molar-refractivity contribution in [1.29, 1.82) is 0 Å². The number of amides is 1. The number of carbonyl (C=O) groups excluding carboxylic acids is 1. The number of benzene rings is 1. The molecule has 0 radical (unpaired) electrons. The Morgan fingerprint density at radius 1 is 1.16 bits per heavy atom. The summed E-state index contributed by atoms with van der Waals surface area (Å²) in [7, 11) is 1.68. The maximum Gasteiger partial charge on any atom is 0.247 e. The fourth-order valence-electron chi connectivity index (χ4n) is 5.40. The summed E-state index contributed by atoms with van der Waals surface area (Å²) in [5, 5.41) is 10.3. The van der Waals surface area contributed by atoms with Gasteiger partial charge in [-0.15, -0.1) is 12.4 Å². The third-order valence-electron chi connectivity index (χ3n) is 6.90. The summed E-state index contributed by atoms with van der Waals surface area (Å²) in [4.78, 5) is 13.4. The Morgan fingerprint density at radius 3 is 2.58 bits per heavy atom. The third-order valence-corrected chi connectivity index (χ3v) is 6.90. The van der Waals surface area contributed by atoms with Crippen molar-refractivity contribution in [2.75, 3.05) is 20.2 Å². The minimum atomic E-state index is -0.280. The molecule has 6 nitrogen and oxygen atoms in total. The first-order valence-electron chi connectivity index (χ1n) is 11.1. The second-order valence-corrected chi connectivity index (χ2v) is 9.47. The van der Waals surface area contributed by atoms with Gasteiger partial charge in [-0.05, 0) is 64.8 Å². The molecule has 0 unspecified atom stereocenters. The number of hydrogen-bond donors (Lipinski definition) is 1. The van der Waals surface area contributed by atoms with Crippen molar-refractivity contribution in [3.63, 3.8) is 0 Å². The zero-order valence-corrected chi connectivity index (χ0v) is 19.3. The van der Waals surface area contributed by atoms with Crippen LogP contribution in [0.4, 0.5) is 0 Å². The van der Waals surface area contributed by atoms with Crippen molar-refractivity contribution in [2.24, 2.45) is 16.9 Å². The summed E-state index contributed by atoms with van der Waals surface area (Å²) >= 11 is 0. The molecule has 7 heteroatoms. The highest BCUT2D eigenvalue weighted by molar-refractivity contribution is 6.08. The van der Waals surface area contributed by atoms with Crippen molar-refractivity contribution in [2.45, 2.75) is 57.6 Å². The summed E-state index contributed by atoms with van der Waals surface area (Å²) in [6, 6.07) is 4.28. The molecule has 168 valence electrons. The molecular weight excluding hydrogens is 414 g/mol. The number of piperidine rings is 1. The molecule has 1 saturated heterocycles. The van der Waals surface area contributed by atoms with Crippen molar-refractivity contribution in [3.05, 3.63) is 35.4 Å². The van der Waals surface area contributed by atoms with Crippen LogP contribution in [0.5, 0.6) is 11.5 Å². The number of methoxy groups -OCH3 is 1. The van der Waals surface area contributed by atoms with Crippen LogP contribution in [0.3, 0.4) is 0 Å². The van der Waals surface area contributed by atoms with E-state index >= 15 is 0 Å². The van der Waals surface area contributed by atoms with Crippen LogP contribution in [0.1, 0.15) is 50.7 Å². The molecule has 1 amide bonds. The number of nitrogens with zero attached hydrogens (tertiary/aromatic N) is 2. The van der Waals surface area contributed by atoms with E-state index in [4.69, 9.17) is 14.6 Å². The van der Waals surface area contributed by atoms with E-state index in [0.29, 0.717) is 0 Å². The van der Waals surface area contributed by atoms with Gasteiger partial charge in [0.25, 0.3) is 0 Å². The van der Waals surface area contributed by atoms with Crippen molar-refractivity contribution < 1.29 is 14.3 Å². The normalized spacial score (nSPS) is 27.0. The predicted molar refractivity (Wildman–Crippen MR) is 123 cm³/mol. The molecule has 3 heterocycles. The largest absolute Gasteiger partial charge is 0.493 e. The van der Waals surface area contributed by atoms with Gasteiger partial charge < -0.3 is 14.8 Å². The van der Waals surface area contributed by atoms with E-state index in [9.17, 15) is 4.79 Å². The van der Waals surface area contributed by atoms with Crippen LogP contribution in [0.15, 0.2) is 29.4 Å². The number of halogens is 1. The van der Waals surface area contributed by atoms with Gasteiger partial charge in [0.2, 0.25) is 5.91 Å². The Morgan fingerprint density at radius 2 is 1.87 bits per heavy atom. The van der Waals surface area contributed by atoms with E-state index in [1.807, 2.05) is 11.1 Å². The third kappa shape index (κ3) is 3.85. The highest BCUT2D eigenvalue weighted by atomic mass is 35.5. The van der Waals surface area contributed by atoms with Gasteiger partial charge in [-0.25, -0.2) is 5.01 Å². The molecule has 2 atom stereocenters. The van der Waals surface area contributed by atoms with Crippen molar-refractivity contribution >= 4 is 24.0 Å². The first kappa shape index (κ1) is 22.2. The van der Waals surface area contributed by atoms with E-state index in [0.717, 1.165) is 73.5 Å². The first-order chi connectivity index (χ1) is 14.5. The number of allylic oxidation sites excluding steroid dienone is 2. The lowest BCUT2D eigenvalue weighted by Crippen LogP contribution is -2.51. The molecule has 1 aliphatic carbocycles. The summed E-state index contributed by atoms with van der Waals surface area (Å²) in [6.45, 7) is 6.09. The van der Waals surface area contributed by atoms with Gasteiger partial charge in [-0.1, -0.05) is 12.2 Å². The number of carbonyl (C=O) groups is 1. The lowest BCUT2D eigenvalue weighted by molar-refractivity contribution is -0.141. The highest BCUT2D eigenvalue weighted by Gasteiger charge is 2.44. The quantitative estimate of drug-likeness (QED) is 0.720. The average Bonchev–Trinajstić information content (AvgIpc) is 3.09. The van der Waals surface area contributed by atoms with E-state index in [2.05, 4.69) is 37.4 Å². The van der Waals surface area contributed by atoms with Gasteiger partial charge in [-0.3, -0.25) is 4.79 Å². The Labute approximate surface area is 190 Å². The molecule has 1 aromatic rings. The number of hydrazone groups is 1. The second kappa shape index (κ2) is 8.47. The monoisotopic (exact) mass is 445 g/mol. The summed E-state index contributed by atoms with van der Waals surface area (Å²) in [5.41, 5.74) is 3.04. The van der Waals surface area contributed by atoms with Gasteiger partial charge in [0, 0.05) is 23.5 Å². The van der Waals surface area contributed by atoms with Crippen molar-refractivity contribution in [1.82, 2.24) is 10.3 Å².